The number of amides is 2. The van der Waals surface area contributed by atoms with Gasteiger partial charge in [0.15, 0.2) is 5.69 Å². The largest absolute Gasteiger partial charge is 0.497 e. The number of piperidine rings is 1. The van der Waals surface area contributed by atoms with Crippen molar-refractivity contribution in [3.05, 3.63) is 35.7 Å². The number of aromatic nitrogens is 3. The molecule has 0 aliphatic carbocycles. The van der Waals surface area contributed by atoms with Gasteiger partial charge in [0, 0.05) is 31.2 Å². The summed E-state index contributed by atoms with van der Waals surface area (Å²) in [6, 6.07) is 5.38. The molecule has 3 rings (SSSR count). The fourth-order valence-electron chi connectivity index (χ4n) is 3.83. The van der Waals surface area contributed by atoms with Crippen LogP contribution in [-0.4, -0.2) is 64.6 Å². The number of nitrogens with one attached hydrogen (secondary N) is 1. The van der Waals surface area contributed by atoms with Crippen molar-refractivity contribution in [3.8, 4) is 11.5 Å². The van der Waals surface area contributed by atoms with E-state index in [1.54, 1.807) is 43.3 Å². The van der Waals surface area contributed by atoms with E-state index >= 15 is 0 Å². The molecule has 0 saturated carbocycles. The van der Waals surface area contributed by atoms with Crippen LogP contribution in [0.1, 0.15) is 60.4 Å². The topological polar surface area (TPSA) is 98.6 Å². The molecular formula is C22H31N5O4. The summed E-state index contributed by atoms with van der Waals surface area (Å²) in [6.45, 7) is 5.08. The van der Waals surface area contributed by atoms with Crippen molar-refractivity contribution in [2.75, 3.05) is 20.8 Å². The minimum atomic E-state index is -0.234. The molecule has 1 aliphatic heterocycles. The number of ether oxygens (including phenoxy) is 2. The van der Waals surface area contributed by atoms with Gasteiger partial charge in [-0.25, -0.2) is 0 Å². The summed E-state index contributed by atoms with van der Waals surface area (Å²) in [7, 11) is 3.13. The quantitative estimate of drug-likeness (QED) is 0.692. The first-order valence-corrected chi connectivity index (χ1v) is 10.7. The minimum Gasteiger partial charge on any atom is -0.497 e. The van der Waals surface area contributed by atoms with Crippen LogP contribution >= 0.6 is 0 Å². The Labute approximate surface area is 182 Å². The molecular weight excluding hydrogens is 398 g/mol. The fraction of sp³-hybridized carbons (Fsp3) is 0.545. The highest BCUT2D eigenvalue weighted by atomic mass is 16.5. The van der Waals surface area contributed by atoms with Gasteiger partial charge in [0.05, 0.1) is 26.0 Å². The highest BCUT2D eigenvalue weighted by Gasteiger charge is 2.29. The second kappa shape index (κ2) is 10.3. The van der Waals surface area contributed by atoms with E-state index in [-0.39, 0.29) is 23.9 Å². The summed E-state index contributed by atoms with van der Waals surface area (Å²) in [5.74, 6) is 0.875. The summed E-state index contributed by atoms with van der Waals surface area (Å²) < 4.78 is 12.3. The van der Waals surface area contributed by atoms with Crippen molar-refractivity contribution in [2.45, 2.75) is 58.2 Å². The number of hydrogen-bond donors (Lipinski definition) is 1. The number of aryl methyl sites for hydroxylation is 1. The standard InChI is InChI=1S/C22H31N5O4/c1-15(2)23-21(28)19-14-26(25-24-19)12-10-16-7-5-6-11-27(16)22(29)18-9-8-17(30-3)13-20(18)31-4/h8-9,13-16H,5-7,10-12H2,1-4H3,(H,23,28)/t16-/m0/s1. The van der Waals surface area contributed by atoms with Crippen molar-refractivity contribution in [3.63, 3.8) is 0 Å². The van der Waals surface area contributed by atoms with Crippen molar-refractivity contribution in [1.29, 1.82) is 0 Å². The van der Waals surface area contributed by atoms with Crippen LogP contribution in [0, 0.1) is 0 Å². The van der Waals surface area contributed by atoms with Crippen LogP contribution in [0.2, 0.25) is 0 Å². The van der Waals surface area contributed by atoms with Gasteiger partial charge in [0.25, 0.3) is 11.8 Å². The molecule has 1 saturated heterocycles. The lowest BCUT2D eigenvalue weighted by Gasteiger charge is -2.36. The third-order valence-corrected chi connectivity index (χ3v) is 5.41. The molecule has 1 atom stereocenters. The highest BCUT2D eigenvalue weighted by Crippen LogP contribution is 2.29. The number of rotatable bonds is 8. The molecule has 0 spiro atoms. The molecule has 1 N–H and O–H groups in total. The number of nitrogens with zero attached hydrogens (tertiary/aromatic N) is 4. The number of hydrogen-bond acceptors (Lipinski definition) is 6. The van der Waals surface area contributed by atoms with Gasteiger partial charge in [-0.1, -0.05) is 5.21 Å². The number of carbonyl (C=O) groups is 2. The number of benzene rings is 1. The molecule has 2 amide bonds. The molecule has 9 heteroatoms. The van der Waals surface area contributed by atoms with Gasteiger partial charge in [0.2, 0.25) is 0 Å². The Balaban J connectivity index is 1.68. The van der Waals surface area contributed by atoms with E-state index in [0.29, 0.717) is 35.8 Å². The summed E-state index contributed by atoms with van der Waals surface area (Å²) in [6.07, 6.45) is 5.37. The molecule has 31 heavy (non-hydrogen) atoms. The third kappa shape index (κ3) is 5.53. The Hall–Kier alpha value is -3.10. The molecule has 0 bridgehead atoms. The van der Waals surface area contributed by atoms with E-state index in [0.717, 1.165) is 25.7 Å². The monoisotopic (exact) mass is 429 g/mol. The number of carbonyl (C=O) groups excluding carboxylic acids is 2. The maximum atomic E-state index is 13.3. The Morgan fingerprint density at radius 1 is 1.23 bits per heavy atom. The van der Waals surface area contributed by atoms with Crippen LogP contribution < -0.4 is 14.8 Å². The lowest BCUT2D eigenvalue weighted by molar-refractivity contribution is 0.0590. The zero-order valence-corrected chi connectivity index (χ0v) is 18.6. The van der Waals surface area contributed by atoms with E-state index in [1.807, 2.05) is 18.7 Å². The minimum absolute atomic E-state index is 0.0365. The predicted molar refractivity (Wildman–Crippen MR) is 115 cm³/mol. The predicted octanol–water partition coefficient (Wildman–Crippen LogP) is 2.52. The van der Waals surface area contributed by atoms with Gasteiger partial charge in [-0.15, -0.1) is 5.10 Å². The zero-order chi connectivity index (χ0) is 22.4. The Bertz CT molecular complexity index is 911. The fourth-order valence-corrected chi connectivity index (χ4v) is 3.83. The first-order valence-electron chi connectivity index (χ1n) is 10.7. The van der Waals surface area contributed by atoms with E-state index in [2.05, 4.69) is 15.6 Å². The van der Waals surface area contributed by atoms with Gasteiger partial charge in [0.1, 0.15) is 11.5 Å². The van der Waals surface area contributed by atoms with E-state index in [9.17, 15) is 9.59 Å². The molecule has 1 fully saturated rings. The molecule has 1 aromatic heterocycles. The second-order valence-corrected chi connectivity index (χ2v) is 8.00. The van der Waals surface area contributed by atoms with E-state index < -0.39 is 0 Å². The molecule has 168 valence electrons. The molecule has 2 heterocycles. The molecule has 0 unspecified atom stereocenters. The van der Waals surface area contributed by atoms with Crippen molar-refractivity contribution in [1.82, 2.24) is 25.2 Å². The SMILES string of the molecule is COc1ccc(C(=O)N2CCCC[C@H]2CCn2cc(C(=O)NC(C)C)nn2)c(OC)c1. The zero-order valence-electron chi connectivity index (χ0n) is 18.6. The maximum Gasteiger partial charge on any atom is 0.273 e. The van der Waals surface area contributed by atoms with Crippen molar-refractivity contribution in [2.24, 2.45) is 0 Å². The summed E-state index contributed by atoms with van der Waals surface area (Å²) in [5.41, 5.74) is 0.830. The number of likely N-dealkylation sites (tertiary alicyclic amines) is 1. The van der Waals surface area contributed by atoms with Crippen LogP contribution in [0.15, 0.2) is 24.4 Å². The molecule has 9 nitrogen and oxygen atoms in total. The molecule has 2 aromatic rings. The van der Waals surface area contributed by atoms with Crippen LogP contribution in [-0.2, 0) is 6.54 Å². The van der Waals surface area contributed by atoms with Gasteiger partial charge in [-0.2, -0.15) is 0 Å². The summed E-state index contributed by atoms with van der Waals surface area (Å²) in [5, 5.41) is 10.8. The highest BCUT2D eigenvalue weighted by molar-refractivity contribution is 5.97. The van der Waals surface area contributed by atoms with Crippen molar-refractivity contribution >= 4 is 11.8 Å². The summed E-state index contributed by atoms with van der Waals surface area (Å²) in [4.78, 5) is 27.3. The number of methoxy groups -OCH3 is 2. The average Bonchev–Trinajstić information content (AvgIpc) is 3.26. The van der Waals surface area contributed by atoms with Crippen LogP contribution in [0.3, 0.4) is 0 Å². The lowest BCUT2D eigenvalue weighted by atomic mass is 9.98. The molecule has 0 radical (unpaired) electrons. The van der Waals surface area contributed by atoms with Gasteiger partial charge in [-0.05, 0) is 51.7 Å². The molecule has 1 aliphatic rings. The van der Waals surface area contributed by atoms with Gasteiger partial charge in [-0.3, -0.25) is 14.3 Å². The smallest absolute Gasteiger partial charge is 0.273 e. The maximum absolute atomic E-state index is 13.3. The van der Waals surface area contributed by atoms with Crippen LogP contribution in [0.25, 0.3) is 0 Å². The third-order valence-electron chi connectivity index (χ3n) is 5.41. The van der Waals surface area contributed by atoms with Gasteiger partial charge < -0.3 is 19.7 Å². The van der Waals surface area contributed by atoms with E-state index in [1.165, 1.54) is 0 Å². The first-order chi connectivity index (χ1) is 14.9. The Morgan fingerprint density at radius 2 is 2.03 bits per heavy atom. The normalized spacial score (nSPS) is 16.3. The first kappa shape index (κ1) is 22.6. The van der Waals surface area contributed by atoms with E-state index in [4.69, 9.17) is 9.47 Å². The lowest BCUT2D eigenvalue weighted by Crippen LogP contribution is -2.44. The Morgan fingerprint density at radius 3 is 2.74 bits per heavy atom. The summed E-state index contributed by atoms with van der Waals surface area (Å²) >= 11 is 0. The molecule has 1 aromatic carbocycles. The van der Waals surface area contributed by atoms with Gasteiger partial charge >= 0.3 is 0 Å². The second-order valence-electron chi connectivity index (χ2n) is 8.00. The Kier molecular flexibility index (Phi) is 7.49. The van der Waals surface area contributed by atoms with Crippen LogP contribution in [0.5, 0.6) is 11.5 Å². The average molecular weight is 430 g/mol. The van der Waals surface area contributed by atoms with Crippen LogP contribution in [0.4, 0.5) is 0 Å². The van der Waals surface area contributed by atoms with Crippen molar-refractivity contribution < 1.29 is 19.1 Å².